The van der Waals surface area contributed by atoms with Crippen LogP contribution in [0.15, 0.2) is 29.1 Å². The molecular formula is C13H10F2N2O3. The van der Waals surface area contributed by atoms with Crippen molar-refractivity contribution in [1.29, 1.82) is 0 Å². The van der Waals surface area contributed by atoms with Crippen LogP contribution in [0.2, 0.25) is 0 Å². The maximum absolute atomic E-state index is 13.7. The molecule has 0 atom stereocenters. The van der Waals surface area contributed by atoms with E-state index in [-0.39, 0.29) is 17.1 Å². The smallest absolute Gasteiger partial charge is 0.309 e. The molecule has 1 aromatic heterocycles. The number of hydrogen-bond acceptors (Lipinski definition) is 3. The van der Waals surface area contributed by atoms with Gasteiger partial charge in [0.2, 0.25) is 5.43 Å². The normalized spacial score (nSPS) is 10.6. The maximum Gasteiger partial charge on any atom is 0.309 e. The lowest BCUT2D eigenvalue weighted by Gasteiger charge is -2.11. The molecule has 1 aromatic carbocycles. The molecule has 7 heteroatoms. The number of carboxylic acids is 1. The van der Waals surface area contributed by atoms with Crippen LogP contribution in [0.5, 0.6) is 0 Å². The number of aryl methyl sites for hydroxylation is 1. The van der Waals surface area contributed by atoms with Gasteiger partial charge in [-0.05, 0) is 19.1 Å². The third-order valence-corrected chi connectivity index (χ3v) is 2.63. The highest BCUT2D eigenvalue weighted by atomic mass is 19.1. The van der Waals surface area contributed by atoms with Crippen LogP contribution in [0.1, 0.15) is 11.4 Å². The molecule has 0 amide bonds. The van der Waals surface area contributed by atoms with E-state index in [0.29, 0.717) is 0 Å². The van der Waals surface area contributed by atoms with Gasteiger partial charge in [0.25, 0.3) is 0 Å². The number of benzene rings is 1. The summed E-state index contributed by atoms with van der Waals surface area (Å²) in [7, 11) is 0. The van der Waals surface area contributed by atoms with E-state index in [1.165, 1.54) is 6.92 Å². The van der Waals surface area contributed by atoms with E-state index in [2.05, 4.69) is 5.10 Å². The molecule has 1 N–H and O–H groups in total. The van der Waals surface area contributed by atoms with Crippen LogP contribution in [0.4, 0.5) is 8.78 Å². The second-order valence-corrected chi connectivity index (χ2v) is 4.17. The third kappa shape index (κ3) is 2.71. The van der Waals surface area contributed by atoms with Crippen LogP contribution in [-0.2, 0) is 11.2 Å². The van der Waals surface area contributed by atoms with Crippen molar-refractivity contribution in [2.24, 2.45) is 0 Å². The Morgan fingerprint density at radius 1 is 1.35 bits per heavy atom. The number of nitrogens with zero attached hydrogens (tertiary/aromatic N) is 2. The quantitative estimate of drug-likeness (QED) is 0.923. The summed E-state index contributed by atoms with van der Waals surface area (Å²) in [4.78, 5) is 22.3. The summed E-state index contributed by atoms with van der Waals surface area (Å²) in [6.45, 7) is 1.49. The van der Waals surface area contributed by atoms with Crippen LogP contribution in [0.25, 0.3) is 5.69 Å². The summed E-state index contributed by atoms with van der Waals surface area (Å²) in [5.41, 5.74) is -0.715. The van der Waals surface area contributed by atoms with Gasteiger partial charge in [-0.2, -0.15) is 5.10 Å². The van der Waals surface area contributed by atoms with E-state index in [1.807, 2.05) is 0 Å². The van der Waals surface area contributed by atoms with Gasteiger partial charge in [0.15, 0.2) is 0 Å². The molecule has 0 aliphatic carbocycles. The third-order valence-electron chi connectivity index (χ3n) is 2.63. The van der Waals surface area contributed by atoms with Crippen molar-refractivity contribution in [3.05, 3.63) is 57.5 Å². The van der Waals surface area contributed by atoms with Crippen LogP contribution in [0.3, 0.4) is 0 Å². The molecule has 20 heavy (non-hydrogen) atoms. The largest absolute Gasteiger partial charge is 0.481 e. The summed E-state index contributed by atoms with van der Waals surface area (Å²) in [6, 6.07) is 3.94. The maximum atomic E-state index is 13.7. The fraction of sp³-hybridized carbons (Fsp3) is 0.154. The fourth-order valence-corrected chi connectivity index (χ4v) is 1.74. The van der Waals surface area contributed by atoms with Crippen molar-refractivity contribution in [3.63, 3.8) is 0 Å². The van der Waals surface area contributed by atoms with Gasteiger partial charge in [0.05, 0.1) is 6.42 Å². The molecule has 2 aromatic rings. The van der Waals surface area contributed by atoms with Gasteiger partial charge in [-0.1, -0.05) is 0 Å². The van der Waals surface area contributed by atoms with Crippen molar-refractivity contribution in [2.75, 3.05) is 0 Å². The minimum Gasteiger partial charge on any atom is -0.481 e. The van der Waals surface area contributed by atoms with Gasteiger partial charge < -0.3 is 5.11 Å². The molecule has 0 unspecified atom stereocenters. The molecule has 5 nitrogen and oxygen atoms in total. The lowest BCUT2D eigenvalue weighted by molar-refractivity contribution is -0.136. The Kier molecular flexibility index (Phi) is 3.60. The molecule has 104 valence electrons. The van der Waals surface area contributed by atoms with Gasteiger partial charge in [-0.25, -0.2) is 13.5 Å². The van der Waals surface area contributed by atoms with Crippen LogP contribution in [-0.4, -0.2) is 20.9 Å². The van der Waals surface area contributed by atoms with E-state index in [1.54, 1.807) is 0 Å². The number of hydrogen-bond donors (Lipinski definition) is 1. The zero-order chi connectivity index (χ0) is 14.9. The predicted octanol–water partition coefficient (Wildman–Crippen LogP) is 1.45. The lowest BCUT2D eigenvalue weighted by atomic mass is 10.2. The first kappa shape index (κ1) is 13.9. The molecular weight excluding hydrogens is 270 g/mol. The SMILES string of the molecule is Cc1cc(=O)c(CC(=O)O)nn1-c1cc(F)ccc1F. The second-order valence-electron chi connectivity index (χ2n) is 4.17. The minimum absolute atomic E-state index is 0.186. The molecule has 0 spiro atoms. The summed E-state index contributed by atoms with van der Waals surface area (Å²) in [6.07, 6.45) is -0.587. The summed E-state index contributed by atoms with van der Waals surface area (Å²) in [5.74, 6) is -2.63. The number of carbonyl (C=O) groups is 1. The zero-order valence-corrected chi connectivity index (χ0v) is 10.4. The van der Waals surface area contributed by atoms with Crippen molar-refractivity contribution < 1.29 is 18.7 Å². The predicted molar refractivity (Wildman–Crippen MR) is 65.8 cm³/mol. The highest BCUT2D eigenvalue weighted by molar-refractivity contribution is 5.69. The molecule has 2 rings (SSSR count). The Hall–Kier alpha value is -2.57. The molecule has 0 bridgehead atoms. The first-order valence-electron chi connectivity index (χ1n) is 5.65. The van der Waals surface area contributed by atoms with Gasteiger partial charge in [0.1, 0.15) is 23.0 Å². The lowest BCUT2D eigenvalue weighted by Crippen LogP contribution is -2.21. The van der Waals surface area contributed by atoms with Crippen LogP contribution in [0, 0.1) is 18.6 Å². The first-order valence-corrected chi connectivity index (χ1v) is 5.65. The van der Waals surface area contributed by atoms with Crippen molar-refractivity contribution >= 4 is 5.97 Å². The highest BCUT2D eigenvalue weighted by Gasteiger charge is 2.13. The zero-order valence-electron chi connectivity index (χ0n) is 10.4. The van der Waals surface area contributed by atoms with Gasteiger partial charge in [0, 0.05) is 17.8 Å². The van der Waals surface area contributed by atoms with Gasteiger partial charge >= 0.3 is 5.97 Å². The van der Waals surface area contributed by atoms with E-state index < -0.39 is 29.5 Å². The first-order chi connectivity index (χ1) is 9.38. The van der Waals surface area contributed by atoms with E-state index >= 15 is 0 Å². The van der Waals surface area contributed by atoms with Crippen molar-refractivity contribution in [1.82, 2.24) is 9.78 Å². The van der Waals surface area contributed by atoms with Crippen LogP contribution < -0.4 is 5.43 Å². The summed E-state index contributed by atoms with van der Waals surface area (Å²) < 4.78 is 27.9. The van der Waals surface area contributed by atoms with E-state index in [4.69, 9.17) is 5.11 Å². The van der Waals surface area contributed by atoms with Crippen molar-refractivity contribution in [2.45, 2.75) is 13.3 Å². The average molecular weight is 280 g/mol. The molecule has 0 aliphatic rings. The summed E-state index contributed by atoms with van der Waals surface area (Å²) in [5, 5.41) is 12.5. The monoisotopic (exact) mass is 280 g/mol. The molecule has 1 heterocycles. The minimum atomic E-state index is -1.23. The average Bonchev–Trinajstić information content (AvgIpc) is 2.35. The number of carboxylic acid groups (broad SMARTS) is 1. The van der Waals surface area contributed by atoms with E-state index in [0.717, 1.165) is 28.9 Å². The number of aliphatic carboxylic acids is 1. The molecule has 0 fully saturated rings. The number of rotatable bonds is 3. The fourth-order valence-electron chi connectivity index (χ4n) is 1.74. The summed E-state index contributed by atoms with van der Waals surface area (Å²) >= 11 is 0. The topological polar surface area (TPSA) is 72.2 Å². The highest BCUT2D eigenvalue weighted by Crippen LogP contribution is 2.15. The Bertz CT molecular complexity index is 741. The Morgan fingerprint density at radius 3 is 2.70 bits per heavy atom. The second kappa shape index (κ2) is 5.20. The van der Waals surface area contributed by atoms with Gasteiger partial charge in [-0.3, -0.25) is 9.59 Å². The number of halogens is 2. The Labute approximate surface area is 112 Å². The molecule has 0 saturated carbocycles. The standard InChI is InChI=1S/C13H10F2N2O3/c1-7-4-12(18)10(6-13(19)20)16-17(7)11-5-8(14)2-3-9(11)15/h2-5H,6H2,1H3,(H,19,20). The Balaban J connectivity index is 2.64. The molecule has 0 saturated heterocycles. The van der Waals surface area contributed by atoms with Crippen LogP contribution >= 0.6 is 0 Å². The molecule has 0 radical (unpaired) electrons. The number of aromatic nitrogens is 2. The van der Waals surface area contributed by atoms with Crippen molar-refractivity contribution in [3.8, 4) is 5.69 Å². The molecule has 0 aliphatic heterocycles. The van der Waals surface area contributed by atoms with E-state index in [9.17, 15) is 18.4 Å². The Morgan fingerprint density at radius 2 is 2.05 bits per heavy atom. The van der Waals surface area contributed by atoms with Gasteiger partial charge in [-0.15, -0.1) is 0 Å².